The van der Waals surface area contributed by atoms with Gasteiger partial charge in [0.2, 0.25) is 0 Å². The molecule has 2 N–H and O–H groups in total. The van der Waals surface area contributed by atoms with Gasteiger partial charge in [0.25, 0.3) is 0 Å². The molecular weight excluding hydrogens is 236 g/mol. The van der Waals surface area contributed by atoms with Crippen LogP contribution in [0.5, 0.6) is 5.75 Å². The standard InChI is InChI=1S/C16H20N2O/c1-3-16(12-17,15-6-4-5-11-18-15)13-7-9-14(19-2)10-8-13/h4-11H,3,12,17H2,1-2H3. The van der Waals surface area contributed by atoms with E-state index >= 15 is 0 Å². The van der Waals surface area contributed by atoms with E-state index in [1.54, 1.807) is 7.11 Å². The Bertz CT molecular complexity index is 504. The zero-order chi connectivity index (χ0) is 13.7. The number of hydrogen-bond donors (Lipinski definition) is 1. The van der Waals surface area contributed by atoms with Gasteiger partial charge in [-0.3, -0.25) is 4.98 Å². The molecule has 2 rings (SSSR count). The number of nitrogens with zero attached hydrogens (tertiary/aromatic N) is 1. The maximum absolute atomic E-state index is 6.08. The summed E-state index contributed by atoms with van der Waals surface area (Å²) in [5.74, 6) is 0.854. The van der Waals surface area contributed by atoms with Gasteiger partial charge < -0.3 is 10.5 Å². The molecule has 19 heavy (non-hydrogen) atoms. The van der Waals surface area contributed by atoms with Crippen molar-refractivity contribution in [2.75, 3.05) is 13.7 Å². The van der Waals surface area contributed by atoms with Crippen LogP contribution in [0.3, 0.4) is 0 Å². The number of pyridine rings is 1. The highest BCUT2D eigenvalue weighted by atomic mass is 16.5. The number of aromatic nitrogens is 1. The van der Waals surface area contributed by atoms with Crippen molar-refractivity contribution in [2.45, 2.75) is 18.8 Å². The lowest BCUT2D eigenvalue weighted by atomic mass is 9.75. The topological polar surface area (TPSA) is 48.1 Å². The molecule has 1 aromatic carbocycles. The molecule has 3 nitrogen and oxygen atoms in total. The fourth-order valence-corrected chi connectivity index (χ4v) is 2.46. The van der Waals surface area contributed by atoms with Crippen molar-refractivity contribution in [3.05, 3.63) is 59.9 Å². The van der Waals surface area contributed by atoms with Crippen LogP contribution in [0.4, 0.5) is 0 Å². The first-order chi connectivity index (χ1) is 9.26. The minimum atomic E-state index is -0.229. The molecule has 100 valence electrons. The third-order valence-electron chi connectivity index (χ3n) is 3.75. The van der Waals surface area contributed by atoms with E-state index in [0.717, 1.165) is 17.9 Å². The molecule has 1 atom stereocenters. The highest BCUT2D eigenvalue weighted by molar-refractivity contribution is 5.39. The van der Waals surface area contributed by atoms with Gasteiger partial charge in [-0.05, 0) is 36.2 Å². The second-order valence-electron chi connectivity index (χ2n) is 4.58. The first-order valence-electron chi connectivity index (χ1n) is 6.53. The Kier molecular flexibility index (Phi) is 4.17. The van der Waals surface area contributed by atoms with Crippen LogP contribution in [0.25, 0.3) is 0 Å². The van der Waals surface area contributed by atoms with Crippen molar-refractivity contribution in [3.63, 3.8) is 0 Å². The van der Waals surface area contributed by atoms with E-state index in [0.29, 0.717) is 6.54 Å². The normalized spacial score (nSPS) is 13.8. The van der Waals surface area contributed by atoms with Crippen molar-refractivity contribution >= 4 is 0 Å². The predicted molar refractivity (Wildman–Crippen MR) is 77.4 cm³/mol. The van der Waals surface area contributed by atoms with Crippen molar-refractivity contribution < 1.29 is 4.74 Å². The first-order valence-corrected chi connectivity index (χ1v) is 6.53. The van der Waals surface area contributed by atoms with Gasteiger partial charge >= 0.3 is 0 Å². The summed E-state index contributed by atoms with van der Waals surface area (Å²) in [6.45, 7) is 2.68. The molecule has 0 amide bonds. The fourth-order valence-electron chi connectivity index (χ4n) is 2.46. The maximum Gasteiger partial charge on any atom is 0.118 e. The fraction of sp³-hybridized carbons (Fsp3) is 0.312. The Morgan fingerprint density at radius 1 is 1.16 bits per heavy atom. The first kappa shape index (κ1) is 13.6. The molecule has 1 heterocycles. The maximum atomic E-state index is 6.08. The smallest absolute Gasteiger partial charge is 0.118 e. The lowest BCUT2D eigenvalue weighted by Gasteiger charge is -2.31. The molecule has 1 unspecified atom stereocenters. The van der Waals surface area contributed by atoms with Gasteiger partial charge in [-0.2, -0.15) is 0 Å². The van der Waals surface area contributed by atoms with Crippen LogP contribution in [-0.2, 0) is 5.41 Å². The molecule has 0 aliphatic rings. The summed E-state index contributed by atoms with van der Waals surface area (Å²) >= 11 is 0. The summed E-state index contributed by atoms with van der Waals surface area (Å²) in [5, 5.41) is 0. The highest BCUT2D eigenvalue weighted by Gasteiger charge is 2.32. The van der Waals surface area contributed by atoms with Gasteiger partial charge in [0.05, 0.1) is 12.8 Å². The summed E-state index contributed by atoms with van der Waals surface area (Å²) in [5.41, 5.74) is 8.05. The molecule has 0 radical (unpaired) electrons. The van der Waals surface area contributed by atoms with E-state index in [-0.39, 0.29) is 5.41 Å². The van der Waals surface area contributed by atoms with E-state index in [9.17, 15) is 0 Å². The number of rotatable bonds is 5. The Morgan fingerprint density at radius 3 is 2.37 bits per heavy atom. The SMILES string of the molecule is CCC(CN)(c1ccc(OC)cc1)c1ccccn1. The largest absolute Gasteiger partial charge is 0.497 e. The zero-order valence-corrected chi connectivity index (χ0v) is 11.5. The minimum Gasteiger partial charge on any atom is -0.497 e. The third kappa shape index (κ3) is 2.47. The predicted octanol–water partition coefficient (Wildman–Crippen LogP) is 2.75. The van der Waals surface area contributed by atoms with Gasteiger partial charge in [-0.1, -0.05) is 25.1 Å². The van der Waals surface area contributed by atoms with Crippen LogP contribution >= 0.6 is 0 Å². The third-order valence-corrected chi connectivity index (χ3v) is 3.75. The summed E-state index contributed by atoms with van der Waals surface area (Å²) in [6.07, 6.45) is 2.73. The Balaban J connectivity index is 2.49. The summed E-state index contributed by atoms with van der Waals surface area (Å²) in [4.78, 5) is 4.50. The van der Waals surface area contributed by atoms with Gasteiger partial charge in [0, 0.05) is 18.2 Å². The molecule has 0 aliphatic carbocycles. The van der Waals surface area contributed by atoms with Crippen molar-refractivity contribution in [1.82, 2.24) is 4.98 Å². The van der Waals surface area contributed by atoms with Crippen molar-refractivity contribution in [3.8, 4) is 5.75 Å². The second-order valence-corrected chi connectivity index (χ2v) is 4.58. The van der Waals surface area contributed by atoms with Crippen LogP contribution in [0.15, 0.2) is 48.7 Å². The lowest BCUT2D eigenvalue weighted by Crippen LogP contribution is -2.36. The minimum absolute atomic E-state index is 0.229. The number of hydrogen-bond acceptors (Lipinski definition) is 3. The summed E-state index contributed by atoms with van der Waals surface area (Å²) in [7, 11) is 1.67. The van der Waals surface area contributed by atoms with E-state index in [1.165, 1.54) is 5.56 Å². The van der Waals surface area contributed by atoms with Gasteiger partial charge in [-0.15, -0.1) is 0 Å². The van der Waals surface area contributed by atoms with E-state index in [2.05, 4.69) is 24.0 Å². The van der Waals surface area contributed by atoms with Crippen LogP contribution in [0.2, 0.25) is 0 Å². The zero-order valence-electron chi connectivity index (χ0n) is 11.5. The lowest BCUT2D eigenvalue weighted by molar-refractivity contribution is 0.413. The van der Waals surface area contributed by atoms with E-state index in [4.69, 9.17) is 10.5 Å². The van der Waals surface area contributed by atoms with E-state index < -0.39 is 0 Å². The van der Waals surface area contributed by atoms with Crippen LogP contribution in [-0.4, -0.2) is 18.6 Å². The second kappa shape index (κ2) is 5.85. The number of benzene rings is 1. The van der Waals surface area contributed by atoms with Crippen molar-refractivity contribution in [1.29, 1.82) is 0 Å². The molecule has 0 fully saturated rings. The van der Waals surface area contributed by atoms with Crippen LogP contribution < -0.4 is 10.5 Å². The average molecular weight is 256 g/mol. The molecule has 0 saturated heterocycles. The number of methoxy groups -OCH3 is 1. The molecule has 3 heteroatoms. The molecule has 0 aliphatic heterocycles. The molecule has 0 saturated carbocycles. The van der Waals surface area contributed by atoms with E-state index in [1.807, 2.05) is 36.5 Å². The average Bonchev–Trinajstić information content (AvgIpc) is 2.51. The quantitative estimate of drug-likeness (QED) is 0.894. The van der Waals surface area contributed by atoms with Crippen LogP contribution in [0.1, 0.15) is 24.6 Å². The van der Waals surface area contributed by atoms with Gasteiger partial charge in [0.1, 0.15) is 5.75 Å². The molecule has 2 aromatic rings. The van der Waals surface area contributed by atoms with Gasteiger partial charge in [-0.25, -0.2) is 0 Å². The summed E-state index contributed by atoms with van der Waals surface area (Å²) in [6, 6.07) is 14.1. The molecule has 0 bridgehead atoms. The number of nitrogens with two attached hydrogens (primary N) is 1. The molecule has 0 spiro atoms. The van der Waals surface area contributed by atoms with Crippen molar-refractivity contribution in [2.24, 2.45) is 5.73 Å². The van der Waals surface area contributed by atoms with Crippen LogP contribution in [0, 0.1) is 0 Å². The number of ether oxygens (including phenoxy) is 1. The summed E-state index contributed by atoms with van der Waals surface area (Å²) < 4.78 is 5.21. The Hall–Kier alpha value is -1.87. The van der Waals surface area contributed by atoms with Gasteiger partial charge in [0.15, 0.2) is 0 Å². The highest BCUT2D eigenvalue weighted by Crippen LogP contribution is 2.34. The Labute approximate surface area is 114 Å². The monoisotopic (exact) mass is 256 g/mol. The molecular formula is C16H20N2O. The molecule has 1 aromatic heterocycles. The Morgan fingerprint density at radius 2 is 1.89 bits per heavy atom.